The Bertz CT molecular complexity index is 1410. The fourth-order valence-corrected chi connectivity index (χ4v) is 4.59. The van der Waals surface area contributed by atoms with Crippen molar-refractivity contribution in [3.63, 3.8) is 0 Å². The number of aliphatic imine (C=N–C) groups is 1. The van der Waals surface area contributed by atoms with Crippen LogP contribution in [0.5, 0.6) is 0 Å². The number of carbonyl (C=O) groups is 2. The summed E-state index contributed by atoms with van der Waals surface area (Å²) >= 11 is 6.12. The largest absolute Gasteiger partial charge is 0.355 e. The third-order valence-electron chi connectivity index (χ3n) is 6.45. The number of nitrogens with one attached hydrogen (secondary N) is 3. The number of pyridine rings is 1. The van der Waals surface area contributed by atoms with Crippen LogP contribution >= 0.6 is 11.6 Å². The molecule has 0 radical (unpaired) electrons. The van der Waals surface area contributed by atoms with Crippen LogP contribution in [0.15, 0.2) is 47.7 Å². The van der Waals surface area contributed by atoms with Gasteiger partial charge in [0.2, 0.25) is 0 Å². The number of halogens is 2. The number of amides is 1. The number of H-pyrrole nitrogens is 1. The molecule has 1 aliphatic rings. The first-order valence-corrected chi connectivity index (χ1v) is 12.7. The minimum atomic E-state index is -0.630. The number of nitrogens with zero attached hydrogens (tertiary/aromatic N) is 3. The van der Waals surface area contributed by atoms with Crippen molar-refractivity contribution in [2.45, 2.75) is 26.7 Å². The van der Waals surface area contributed by atoms with Crippen LogP contribution in [0.3, 0.4) is 0 Å². The lowest BCUT2D eigenvalue weighted by Crippen LogP contribution is -2.48. The van der Waals surface area contributed by atoms with E-state index in [1.54, 1.807) is 23.2 Å². The first-order chi connectivity index (χ1) is 18.2. The Balaban J connectivity index is 1.75. The van der Waals surface area contributed by atoms with Crippen LogP contribution in [0.1, 0.15) is 48.2 Å². The molecular weight excluding hydrogens is 507 g/mol. The second-order valence-electron chi connectivity index (χ2n) is 9.22. The van der Waals surface area contributed by atoms with Gasteiger partial charge in [0.05, 0.1) is 16.8 Å². The number of rotatable bonds is 8. The van der Waals surface area contributed by atoms with Gasteiger partial charge in [-0.1, -0.05) is 31.5 Å². The highest BCUT2D eigenvalue weighted by Gasteiger charge is 2.29. The van der Waals surface area contributed by atoms with Crippen LogP contribution in [-0.4, -0.2) is 59.5 Å². The molecule has 4 rings (SSSR count). The van der Waals surface area contributed by atoms with Crippen molar-refractivity contribution < 1.29 is 14.0 Å². The monoisotopic (exact) mass is 536 g/mol. The maximum atomic E-state index is 14.6. The van der Waals surface area contributed by atoms with Gasteiger partial charge in [0.15, 0.2) is 0 Å². The maximum absolute atomic E-state index is 14.6. The van der Waals surface area contributed by atoms with Crippen molar-refractivity contribution >= 4 is 47.2 Å². The summed E-state index contributed by atoms with van der Waals surface area (Å²) in [4.78, 5) is 39.4. The lowest BCUT2D eigenvalue weighted by molar-refractivity contribution is -0.127. The SMILES string of the molecule is C=Nc1[nH]cc(C(=O)C(=O)N2CCNCC2)c1/C(=C\C)Nc1cc(-c2cc(Cl)ccc2F)ncc1C(C)C. The molecule has 3 aromatic rings. The molecule has 38 heavy (non-hydrogen) atoms. The molecule has 0 aliphatic carbocycles. The van der Waals surface area contributed by atoms with Crippen molar-refractivity contribution in [3.8, 4) is 11.3 Å². The molecular formula is C28H30ClFN6O2. The molecule has 1 amide bonds. The van der Waals surface area contributed by atoms with E-state index in [4.69, 9.17) is 11.6 Å². The van der Waals surface area contributed by atoms with E-state index in [0.29, 0.717) is 59.7 Å². The van der Waals surface area contributed by atoms with Crippen molar-refractivity contribution in [2.24, 2.45) is 4.99 Å². The number of aromatic amines is 1. The van der Waals surface area contributed by atoms with Crippen molar-refractivity contribution in [1.29, 1.82) is 0 Å². The highest BCUT2D eigenvalue weighted by atomic mass is 35.5. The molecule has 1 fully saturated rings. The first kappa shape index (κ1) is 27.2. The Morgan fingerprint density at radius 1 is 1.26 bits per heavy atom. The van der Waals surface area contributed by atoms with E-state index in [9.17, 15) is 14.0 Å². The molecule has 10 heteroatoms. The van der Waals surface area contributed by atoms with Crippen LogP contribution < -0.4 is 10.6 Å². The summed E-state index contributed by atoms with van der Waals surface area (Å²) in [5.41, 5.74) is 3.37. The number of hydrogen-bond acceptors (Lipinski definition) is 6. The highest BCUT2D eigenvalue weighted by Crippen LogP contribution is 2.35. The van der Waals surface area contributed by atoms with Crippen LogP contribution in [-0.2, 0) is 4.79 Å². The summed E-state index contributed by atoms with van der Waals surface area (Å²) in [6.45, 7) is 11.7. The number of anilines is 1. The highest BCUT2D eigenvalue weighted by molar-refractivity contribution is 6.43. The summed E-state index contributed by atoms with van der Waals surface area (Å²) < 4.78 is 14.6. The Labute approximate surface area is 226 Å². The zero-order chi connectivity index (χ0) is 27.4. The normalized spacial score (nSPS) is 14.1. The lowest BCUT2D eigenvalue weighted by Gasteiger charge is -2.26. The number of piperazine rings is 1. The fourth-order valence-electron chi connectivity index (χ4n) is 4.42. The van der Waals surface area contributed by atoms with Gasteiger partial charge >= 0.3 is 0 Å². The van der Waals surface area contributed by atoms with Crippen molar-refractivity contribution in [3.05, 3.63) is 70.3 Å². The summed E-state index contributed by atoms with van der Waals surface area (Å²) in [5.74, 6) is -1.21. The van der Waals surface area contributed by atoms with E-state index in [2.05, 4.69) is 32.3 Å². The molecule has 3 N–H and O–H groups in total. The Hall–Kier alpha value is -3.82. The predicted octanol–water partition coefficient (Wildman–Crippen LogP) is 5.41. The second-order valence-corrected chi connectivity index (χ2v) is 9.65. The molecule has 1 aliphatic heterocycles. The van der Waals surface area contributed by atoms with Crippen molar-refractivity contribution in [2.75, 3.05) is 31.5 Å². The van der Waals surface area contributed by atoms with Gasteiger partial charge in [0.1, 0.15) is 11.6 Å². The quantitative estimate of drug-likeness (QED) is 0.203. The van der Waals surface area contributed by atoms with E-state index in [-0.39, 0.29) is 17.0 Å². The van der Waals surface area contributed by atoms with E-state index < -0.39 is 17.5 Å². The minimum absolute atomic E-state index is 0.0833. The van der Waals surface area contributed by atoms with Crippen LogP contribution in [0.4, 0.5) is 15.9 Å². The van der Waals surface area contributed by atoms with Gasteiger partial charge in [-0.15, -0.1) is 0 Å². The standard InChI is InChI=1S/C28H30ClFN6O2/c1-5-22(25-20(15-34-27(25)31-4)26(37)28(38)36-10-8-32-9-11-36)35-24-13-23(33-14-19(24)16(2)3)18-12-17(29)6-7-21(18)30/h5-7,12-16,32,34H,4,8-11H2,1-3H3,(H,33,35)/b22-5+. The second kappa shape index (κ2) is 11.7. The van der Waals surface area contributed by atoms with Crippen molar-refractivity contribution in [1.82, 2.24) is 20.2 Å². The molecule has 0 unspecified atom stereocenters. The molecule has 0 atom stereocenters. The minimum Gasteiger partial charge on any atom is -0.355 e. The molecule has 198 valence electrons. The Morgan fingerprint density at radius 2 is 2.00 bits per heavy atom. The van der Waals surface area contributed by atoms with E-state index in [0.717, 1.165) is 5.56 Å². The molecule has 0 bridgehead atoms. The summed E-state index contributed by atoms with van der Waals surface area (Å²) in [7, 11) is 0. The van der Waals surface area contributed by atoms with Gasteiger partial charge in [-0.05, 0) is 49.4 Å². The summed E-state index contributed by atoms with van der Waals surface area (Å²) in [5, 5.41) is 6.95. The molecule has 0 saturated carbocycles. The maximum Gasteiger partial charge on any atom is 0.295 e. The van der Waals surface area contributed by atoms with Crippen LogP contribution in [0.2, 0.25) is 5.02 Å². The number of Topliss-reactive ketones (excluding diaryl/α,β-unsaturated/α-hetero) is 1. The van der Waals surface area contributed by atoms with Crippen LogP contribution in [0, 0.1) is 5.82 Å². The van der Waals surface area contributed by atoms with E-state index in [1.165, 1.54) is 24.4 Å². The van der Waals surface area contributed by atoms with Gasteiger partial charge in [-0.3, -0.25) is 14.6 Å². The molecule has 1 saturated heterocycles. The van der Waals surface area contributed by atoms with Gasteiger partial charge < -0.3 is 20.5 Å². The van der Waals surface area contributed by atoms with Gasteiger partial charge in [-0.2, -0.15) is 0 Å². The number of ketones is 1. The number of carbonyl (C=O) groups excluding carboxylic acids is 2. The summed E-state index contributed by atoms with van der Waals surface area (Å²) in [6.07, 6.45) is 4.96. The third-order valence-corrected chi connectivity index (χ3v) is 6.68. The molecule has 1 aromatic carbocycles. The van der Waals surface area contributed by atoms with Gasteiger partial charge in [-0.25, -0.2) is 9.38 Å². The first-order valence-electron chi connectivity index (χ1n) is 12.4. The fraction of sp³-hybridized carbons (Fsp3) is 0.286. The Morgan fingerprint density at radius 3 is 2.66 bits per heavy atom. The average molecular weight is 537 g/mol. The zero-order valence-electron chi connectivity index (χ0n) is 21.6. The lowest BCUT2D eigenvalue weighted by atomic mass is 9.99. The molecule has 0 spiro atoms. The molecule has 2 aromatic heterocycles. The topological polar surface area (TPSA) is 102 Å². The third kappa shape index (κ3) is 5.54. The average Bonchev–Trinajstić information content (AvgIpc) is 3.36. The number of hydrogen-bond donors (Lipinski definition) is 3. The number of allylic oxidation sites excluding steroid dienone is 1. The number of benzene rings is 1. The van der Waals surface area contributed by atoms with E-state index >= 15 is 0 Å². The summed E-state index contributed by atoms with van der Waals surface area (Å²) in [6, 6.07) is 6.05. The van der Waals surface area contributed by atoms with Crippen LogP contribution in [0.25, 0.3) is 17.0 Å². The number of aromatic nitrogens is 2. The molecule has 8 nitrogen and oxygen atoms in total. The van der Waals surface area contributed by atoms with E-state index in [1.807, 2.05) is 20.8 Å². The Kier molecular flexibility index (Phi) is 8.38. The zero-order valence-corrected chi connectivity index (χ0v) is 22.3. The smallest absolute Gasteiger partial charge is 0.295 e. The predicted molar refractivity (Wildman–Crippen MR) is 150 cm³/mol. The molecule has 3 heterocycles. The van der Waals surface area contributed by atoms with Gasteiger partial charge in [0, 0.05) is 60.5 Å². The van der Waals surface area contributed by atoms with Gasteiger partial charge in [0.25, 0.3) is 11.7 Å².